The van der Waals surface area contributed by atoms with Crippen LogP contribution in [-0.4, -0.2) is 96.7 Å². The van der Waals surface area contributed by atoms with Gasteiger partial charge in [0.05, 0.1) is 26.4 Å². The van der Waals surface area contributed by atoms with Crippen LogP contribution in [0.4, 0.5) is 0 Å². The number of phosphoric acid groups is 2. The fraction of sp³-hybridized carbons (Fsp3) is 0.946. The topological polar surface area (TPSA) is 237 Å². The van der Waals surface area contributed by atoms with Crippen LogP contribution in [0, 0.1) is 11.8 Å². The second-order valence-electron chi connectivity index (χ2n) is 27.6. The highest BCUT2D eigenvalue weighted by atomic mass is 31.2. The summed E-state index contributed by atoms with van der Waals surface area (Å²) in [5, 5.41) is 10.6. The van der Waals surface area contributed by atoms with Crippen LogP contribution in [0.3, 0.4) is 0 Å². The van der Waals surface area contributed by atoms with Gasteiger partial charge in [-0.2, -0.15) is 0 Å². The van der Waals surface area contributed by atoms with Gasteiger partial charge in [0.15, 0.2) is 12.2 Å². The van der Waals surface area contributed by atoms with Crippen molar-refractivity contribution in [3.63, 3.8) is 0 Å². The van der Waals surface area contributed by atoms with Gasteiger partial charge in [-0.15, -0.1) is 0 Å². The molecule has 0 radical (unpaired) electrons. The number of ether oxygens (including phenoxy) is 4. The number of esters is 4. The summed E-state index contributed by atoms with van der Waals surface area (Å²) in [6, 6.07) is 0. The quantitative estimate of drug-likeness (QED) is 0.0222. The maximum Gasteiger partial charge on any atom is 0.472 e. The summed E-state index contributed by atoms with van der Waals surface area (Å²) in [5.41, 5.74) is 0. The fourth-order valence-corrected chi connectivity index (χ4v) is 12.9. The van der Waals surface area contributed by atoms with Crippen molar-refractivity contribution in [3.05, 3.63) is 0 Å². The predicted octanol–water partition coefficient (Wildman–Crippen LogP) is 21.6. The van der Waals surface area contributed by atoms with E-state index in [0.29, 0.717) is 25.7 Å². The third-order valence-electron chi connectivity index (χ3n) is 17.2. The molecule has 0 bridgehead atoms. The number of aliphatic hydroxyl groups is 1. The molecule has 0 fully saturated rings. The lowest BCUT2D eigenvalue weighted by Crippen LogP contribution is -2.30. The largest absolute Gasteiger partial charge is 0.472 e. The number of carbonyl (C=O) groups excluding carboxylic acids is 4. The molecular weight excluding hydrogens is 1220 g/mol. The van der Waals surface area contributed by atoms with E-state index < -0.39 is 97.5 Å². The Labute approximate surface area is 568 Å². The van der Waals surface area contributed by atoms with E-state index in [1.54, 1.807) is 0 Å². The summed E-state index contributed by atoms with van der Waals surface area (Å²) in [7, 11) is -9.90. The highest BCUT2D eigenvalue weighted by Crippen LogP contribution is 2.45. The molecule has 0 aliphatic carbocycles. The lowest BCUT2D eigenvalue weighted by molar-refractivity contribution is -0.161. The van der Waals surface area contributed by atoms with Crippen LogP contribution in [0.25, 0.3) is 0 Å². The molecule has 0 spiro atoms. The van der Waals surface area contributed by atoms with Gasteiger partial charge < -0.3 is 33.8 Å². The number of hydrogen-bond acceptors (Lipinski definition) is 15. The van der Waals surface area contributed by atoms with E-state index in [-0.39, 0.29) is 25.7 Å². The number of rotatable bonds is 73. The zero-order chi connectivity index (χ0) is 68.6. The first-order chi connectivity index (χ1) is 44.9. The van der Waals surface area contributed by atoms with E-state index in [4.69, 9.17) is 37.0 Å². The maximum atomic E-state index is 13.1. The van der Waals surface area contributed by atoms with Crippen molar-refractivity contribution >= 4 is 39.5 Å². The molecule has 0 amide bonds. The average molecular weight is 1370 g/mol. The second-order valence-corrected chi connectivity index (χ2v) is 30.5. The molecule has 17 nitrogen and oxygen atoms in total. The van der Waals surface area contributed by atoms with E-state index in [1.807, 2.05) is 0 Å². The van der Waals surface area contributed by atoms with Gasteiger partial charge in [-0.1, -0.05) is 330 Å². The van der Waals surface area contributed by atoms with Crippen molar-refractivity contribution in [3.8, 4) is 0 Å². The molecule has 0 aromatic heterocycles. The minimum Gasteiger partial charge on any atom is -0.462 e. The van der Waals surface area contributed by atoms with Gasteiger partial charge in [-0.05, 0) is 37.5 Å². The molecule has 19 heteroatoms. The Morgan fingerprint density at radius 1 is 0.290 bits per heavy atom. The monoisotopic (exact) mass is 1370 g/mol. The van der Waals surface area contributed by atoms with Crippen molar-refractivity contribution in [1.82, 2.24) is 0 Å². The van der Waals surface area contributed by atoms with E-state index in [0.717, 1.165) is 108 Å². The Morgan fingerprint density at radius 3 is 0.731 bits per heavy atom. The van der Waals surface area contributed by atoms with Crippen LogP contribution in [0.2, 0.25) is 0 Å². The minimum atomic E-state index is -4.95. The van der Waals surface area contributed by atoms with Crippen molar-refractivity contribution < 1.29 is 80.2 Å². The van der Waals surface area contributed by atoms with Crippen LogP contribution in [0.15, 0.2) is 0 Å². The Bertz CT molecular complexity index is 1800. The van der Waals surface area contributed by atoms with Crippen molar-refractivity contribution in [2.75, 3.05) is 39.6 Å². The van der Waals surface area contributed by atoms with Crippen LogP contribution in [0.5, 0.6) is 0 Å². The van der Waals surface area contributed by atoms with Crippen molar-refractivity contribution in [2.45, 2.75) is 400 Å². The molecule has 93 heavy (non-hydrogen) atoms. The molecule has 552 valence electrons. The molecular formula is C74H144O17P2. The lowest BCUT2D eigenvalue weighted by atomic mass is 10.0. The van der Waals surface area contributed by atoms with Crippen LogP contribution in [0.1, 0.15) is 382 Å². The second kappa shape index (κ2) is 66.0. The standard InChI is InChI=1S/C74H144O17P2/c1-7-9-11-13-15-17-18-28-34-40-46-52-58-73(78)90-69(62-84-71(76)56-50-44-38-16-14-12-10-8-2)64-88-92(80,81)86-60-68(75)61-87-93(82,83)89-65-70(63-85-72(77)57-51-45-39-33-30-25-27-32-37-43-49-55-67(5)6)91-74(79)59-53-47-41-35-29-24-22-20-19-21-23-26-31-36-42-48-54-66(3)4/h66-70,75H,7-65H2,1-6H3,(H,80,81)(H,82,83)/t68-,69+,70+/m0/s1. The van der Waals surface area contributed by atoms with Gasteiger partial charge in [0.2, 0.25) is 0 Å². The highest BCUT2D eigenvalue weighted by Gasteiger charge is 2.30. The highest BCUT2D eigenvalue weighted by molar-refractivity contribution is 7.47. The van der Waals surface area contributed by atoms with E-state index in [1.165, 1.54) is 193 Å². The zero-order valence-electron chi connectivity index (χ0n) is 60.6. The van der Waals surface area contributed by atoms with Crippen LogP contribution >= 0.6 is 15.6 Å². The molecule has 0 saturated heterocycles. The van der Waals surface area contributed by atoms with Gasteiger partial charge in [0, 0.05) is 25.7 Å². The molecule has 0 saturated carbocycles. The van der Waals surface area contributed by atoms with Crippen molar-refractivity contribution in [2.24, 2.45) is 11.8 Å². The van der Waals surface area contributed by atoms with Gasteiger partial charge in [0.25, 0.3) is 0 Å². The summed E-state index contributed by atoms with van der Waals surface area (Å²) in [4.78, 5) is 72.6. The Kier molecular flexibility index (Phi) is 64.6. The molecule has 0 aromatic rings. The number of hydrogen-bond donors (Lipinski definition) is 3. The lowest BCUT2D eigenvalue weighted by Gasteiger charge is -2.21. The van der Waals surface area contributed by atoms with E-state index >= 15 is 0 Å². The van der Waals surface area contributed by atoms with Gasteiger partial charge in [-0.25, -0.2) is 9.13 Å². The summed E-state index contributed by atoms with van der Waals surface area (Å²) in [6.07, 6.45) is 52.7. The molecule has 5 atom stereocenters. The molecule has 3 N–H and O–H groups in total. The van der Waals surface area contributed by atoms with Gasteiger partial charge in [-0.3, -0.25) is 37.3 Å². The first-order valence-corrected chi connectivity index (χ1v) is 41.5. The SMILES string of the molecule is CCCCCCCCCCCCCCC(=O)O[C@H](COC(=O)CCCCCCCCCC)COP(=O)(O)OC[C@H](O)COP(=O)(O)OC[C@@H](COC(=O)CCCCCCCCCCCCCC(C)C)OC(=O)CCCCCCCCCCCCCCCCCCC(C)C. The molecule has 0 heterocycles. The number of carbonyl (C=O) groups is 4. The number of phosphoric ester groups is 2. The van der Waals surface area contributed by atoms with Crippen molar-refractivity contribution in [1.29, 1.82) is 0 Å². The first-order valence-electron chi connectivity index (χ1n) is 38.5. The molecule has 0 aromatic carbocycles. The predicted molar refractivity (Wildman–Crippen MR) is 377 cm³/mol. The molecule has 0 aliphatic rings. The maximum absolute atomic E-state index is 13.1. The Balaban J connectivity index is 5.20. The smallest absolute Gasteiger partial charge is 0.462 e. The number of aliphatic hydroxyl groups excluding tert-OH is 1. The van der Waals surface area contributed by atoms with Gasteiger partial charge >= 0.3 is 39.5 Å². The van der Waals surface area contributed by atoms with Crippen LogP contribution < -0.4 is 0 Å². The summed E-state index contributed by atoms with van der Waals surface area (Å²) >= 11 is 0. The third kappa shape index (κ3) is 68.4. The minimum absolute atomic E-state index is 0.107. The van der Waals surface area contributed by atoms with Crippen LogP contribution in [-0.2, 0) is 65.4 Å². The van der Waals surface area contributed by atoms with E-state index in [2.05, 4.69) is 41.5 Å². The van der Waals surface area contributed by atoms with E-state index in [9.17, 15) is 43.2 Å². The normalized spacial score (nSPS) is 14.1. The van der Waals surface area contributed by atoms with Gasteiger partial charge in [0.1, 0.15) is 19.3 Å². The summed E-state index contributed by atoms with van der Waals surface area (Å²) in [6.45, 7) is 9.59. The molecule has 0 aliphatic heterocycles. The fourth-order valence-electron chi connectivity index (χ4n) is 11.3. The summed E-state index contributed by atoms with van der Waals surface area (Å²) in [5.74, 6) is -0.539. The summed E-state index contributed by atoms with van der Waals surface area (Å²) < 4.78 is 68.4. The Hall–Kier alpha value is -1.94. The number of unbranched alkanes of at least 4 members (excludes halogenated alkanes) is 43. The Morgan fingerprint density at radius 2 is 0.495 bits per heavy atom. The molecule has 2 unspecified atom stereocenters. The zero-order valence-corrected chi connectivity index (χ0v) is 62.3. The molecule has 0 rings (SSSR count). The third-order valence-corrected chi connectivity index (χ3v) is 19.1. The average Bonchev–Trinajstić information content (AvgIpc) is 2.61. The first kappa shape index (κ1) is 91.1.